The molecule has 1 heterocycles. The summed E-state index contributed by atoms with van der Waals surface area (Å²) in [5.41, 5.74) is 2.79. The molecule has 1 aliphatic rings. The van der Waals surface area contributed by atoms with Gasteiger partial charge in [-0.15, -0.1) is 0 Å². The SMILES string of the molecule is COc1cccc(-c2nsc(NC(=O)N[C@@H]3c4ccccc4C[C@@H]3O)n2)c1. The van der Waals surface area contributed by atoms with Crippen LogP contribution in [0, 0.1) is 0 Å². The van der Waals surface area contributed by atoms with Crippen molar-refractivity contribution in [3.05, 3.63) is 59.7 Å². The fourth-order valence-electron chi connectivity index (χ4n) is 3.18. The highest BCUT2D eigenvalue weighted by molar-refractivity contribution is 7.10. The molecule has 0 saturated carbocycles. The van der Waals surface area contributed by atoms with Gasteiger partial charge in [-0.3, -0.25) is 5.32 Å². The molecule has 0 unspecified atom stereocenters. The normalized spacial score (nSPS) is 18.0. The molecule has 8 heteroatoms. The number of nitrogens with zero attached hydrogens (tertiary/aromatic N) is 2. The van der Waals surface area contributed by atoms with Gasteiger partial charge < -0.3 is 15.2 Å². The molecule has 3 aromatic rings. The fraction of sp³-hybridized carbons (Fsp3) is 0.211. The van der Waals surface area contributed by atoms with E-state index < -0.39 is 18.2 Å². The van der Waals surface area contributed by atoms with Gasteiger partial charge in [0.2, 0.25) is 5.13 Å². The van der Waals surface area contributed by atoms with Crippen molar-refractivity contribution in [1.29, 1.82) is 0 Å². The maximum absolute atomic E-state index is 12.4. The van der Waals surface area contributed by atoms with Gasteiger partial charge in [-0.2, -0.15) is 9.36 Å². The molecule has 0 fully saturated rings. The van der Waals surface area contributed by atoms with Crippen LogP contribution in [0.15, 0.2) is 48.5 Å². The number of carbonyl (C=O) groups excluding carboxylic acids is 1. The molecule has 1 aromatic heterocycles. The van der Waals surface area contributed by atoms with E-state index in [-0.39, 0.29) is 0 Å². The molecular formula is C19H18N4O3S. The van der Waals surface area contributed by atoms with Crippen molar-refractivity contribution < 1.29 is 14.6 Å². The summed E-state index contributed by atoms with van der Waals surface area (Å²) in [5, 5.41) is 16.1. The lowest BCUT2D eigenvalue weighted by atomic mass is 10.1. The summed E-state index contributed by atoms with van der Waals surface area (Å²) in [5.74, 6) is 1.23. The number of amides is 2. The fourth-order valence-corrected chi connectivity index (χ4v) is 3.76. The Morgan fingerprint density at radius 1 is 1.26 bits per heavy atom. The third kappa shape index (κ3) is 3.62. The molecule has 0 saturated heterocycles. The average Bonchev–Trinajstić information content (AvgIpc) is 3.27. The summed E-state index contributed by atoms with van der Waals surface area (Å²) < 4.78 is 9.49. The van der Waals surface area contributed by atoms with E-state index in [4.69, 9.17) is 4.74 Å². The number of rotatable bonds is 4. The van der Waals surface area contributed by atoms with Crippen molar-refractivity contribution in [1.82, 2.24) is 14.7 Å². The molecule has 1 aliphatic carbocycles. The van der Waals surface area contributed by atoms with E-state index in [9.17, 15) is 9.90 Å². The lowest BCUT2D eigenvalue weighted by Gasteiger charge is -2.17. The van der Waals surface area contributed by atoms with Crippen LogP contribution in [0.2, 0.25) is 0 Å². The van der Waals surface area contributed by atoms with Crippen LogP contribution < -0.4 is 15.4 Å². The summed E-state index contributed by atoms with van der Waals surface area (Å²) in [6, 6.07) is 14.2. The third-order valence-corrected chi connectivity index (χ3v) is 5.10. The molecule has 2 amide bonds. The van der Waals surface area contributed by atoms with Crippen LogP contribution in [-0.2, 0) is 6.42 Å². The van der Waals surface area contributed by atoms with Gasteiger partial charge in [0, 0.05) is 23.5 Å². The molecule has 0 spiro atoms. The van der Waals surface area contributed by atoms with Crippen molar-refractivity contribution >= 4 is 22.7 Å². The van der Waals surface area contributed by atoms with Gasteiger partial charge in [0.1, 0.15) is 5.75 Å². The molecule has 138 valence electrons. The monoisotopic (exact) mass is 382 g/mol. The third-order valence-electron chi connectivity index (χ3n) is 4.47. The van der Waals surface area contributed by atoms with Gasteiger partial charge in [0.05, 0.1) is 19.3 Å². The zero-order valence-corrected chi connectivity index (χ0v) is 15.4. The molecule has 0 bridgehead atoms. The maximum atomic E-state index is 12.4. The Kier molecular flexibility index (Phi) is 4.74. The lowest BCUT2D eigenvalue weighted by molar-refractivity contribution is 0.144. The summed E-state index contributed by atoms with van der Waals surface area (Å²) >= 11 is 1.09. The van der Waals surface area contributed by atoms with Crippen LogP contribution in [0.4, 0.5) is 9.93 Å². The van der Waals surface area contributed by atoms with Gasteiger partial charge in [-0.1, -0.05) is 36.4 Å². The number of hydrogen-bond acceptors (Lipinski definition) is 6. The van der Waals surface area contributed by atoms with Gasteiger partial charge in [0.25, 0.3) is 0 Å². The zero-order chi connectivity index (χ0) is 18.8. The highest BCUT2D eigenvalue weighted by atomic mass is 32.1. The first-order valence-electron chi connectivity index (χ1n) is 8.45. The van der Waals surface area contributed by atoms with Crippen molar-refractivity contribution in [3.8, 4) is 17.1 Å². The second-order valence-corrected chi connectivity index (χ2v) is 6.95. The van der Waals surface area contributed by atoms with Crippen LogP contribution in [0.3, 0.4) is 0 Å². The summed E-state index contributed by atoms with van der Waals surface area (Å²) in [6.45, 7) is 0. The topological polar surface area (TPSA) is 96.4 Å². The molecule has 3 N–H and O–H groups in total. The van der Waals surface area contributed by atoms with Gasteiger partial charge in [-0.05, 0) is 23.3 Å². The number of benzene rings is 2. The van der Waals surface area contributed by atoms with Gasteiger partial charge >= 0.3 is 6.03 Å². The molecule has 2 aromatic carbocycles. The molecule has 0 aliphatic heterocycles. The Labute approximate surface area is 160 Å². The highest BCUT2D eigenvalue weighted by Gasteiger charge is 2.32. The van der Waals surface area contributed by atoms with E-state index >= 15 is 0 Å². The number of hydrogen-bond donors (Lipinski definition) is 3. The number of aliphatic hydroxyl groups excluding tert-OH is 1. The number of urea groups is 1. The van der Waals surface area contributed by atoms with Crippen molar-refractivity contribution in [2.45, 2.75) is 18.6 Å². The van der Waals surface area contributed by atoms with Crippen LogP contribution in [0.1, 0.15) is 17.2 Å². The Morgan fingerprint density at radius 2 is 2.11 bits per heavy atom. The van der Waals surface area contributed by atoms with Gasteiger partial charge in [0.15, 0.2) is 5.82 Å². The van der Waals surface area contributed by atoms with Gasteiger partial charge in [-0.25, -0.2) is 4.79 Å². The maximum Gasteiger partial charge on any atom is 0.321 e. The number of carbonyl (C=O) groups is 1. The van der Waals surface area contributed by atoms with E-state index in [0.717, 1.165) is 28.2 Å². The van der Waals surface area contributed by atoms with Crippen LogP contribution >= 0.6 is 11.5 Å². The Bertz CT molecular complexity index is 975. The minimum atomic E-state index is -0.644. The van der Waals surface area contributed by atoms with Crippen molar-refractivity contribution in [2.75, 3.05) is 12.4 Å². The largest absolute Gasteiger partial charge is 0.497 e. The van der Waals surface area contributed by atoms with Crippen LogP contribution in [-0.4, -0.2) is 33.7 Å². The Balaban J connectivity index is 1.44. The summed E-state index contributed by atoms with van der Waals surface area (Å²) in [4.78, 5) is 16.7. The number of aliphatic hydroxyl groups is 1. The molecular weight excluding hydrogens is 364 g/mol. The standard InChI is InChI=1S/C19H18N4O3S/c1-26-13-7-4-6-12(9-13)17-21-19(27-23-17)22-18(25)20-16-14-8-3-2-5-11(14)10-15(16)24/h2-9,15-16,24H,10H2,1H3,(H2,20,21,22,23,25)/t15-,16+/m0/s1. The number of methoxy groups -OCH3 is 1. The molecule has 7 nitrogen and oxygen atoms in total. The quantitative estimate of drug-likeness (QED) is 0.645. The zero-order valence-electron chi connectivity index (χ0n) is 14.5. The lowest BCUT2D eigenvalue weighted by Crippen LogP contribution is -2.36. The van der Waals surface area contributed by atoms with Crippen molar-refractivity contribution in [3.63, 3.8) is 0 Å². The second kappa shape index (κ2) is 7.34. The van der Waals surface area contributed by atoms with Crippen LogP contribution in [0.25, 0.3) is 11.4 Å². The van der Waals surface area contributed by atoms with E-state index in [1.165, 1.54) is 0 Å². The summed E-state index contributed by atoms with van der Waals surface area (Å²) in [6.07, 6.45) is -0.116. The minimum Gasteiger partial charge on any atom is -0.497 e. The first kappa shape index (κ1) is 17.4. The average molecular weight is 382 g/mol. The minimum absolute atomic E-state index is 0.381. The first-order valence-corrected chi connectivity index (χ1v) is 9.23. The first-order chi connectivity index (χ1) is 13.1. The van der Waals surface area contributed by atoms with Crippen LogP contribution in [0.5, 0.6) is 5.75 Å². The molecule has 2 atom stereocenters. The predicted molar refractivity (Wildman–Crippen MR) is 103 cm³/mol. The number of ether oxygens (including phenoxy) is 1. The van der Waals surface area contributed by atoms with E-state index in [0.29, 0.717) is 23.1 Å². The highest BCUT2D eigenvalue weighted by Crippen LogP contribution is 2.31. The summed E-state index contributed by atoms with van der Waals surface area (Å²) in [7, 11) is 1.60. The number of anilines is 1. The van der Waals surface area contributed by atoms with E-state index in [2.05, 4.69) is 20.0 Å². The molecule has 27 heavy (non-hydrogen) atoms. The van der Waals surface area contributed by atoms with E-state index in [1.807, 2.05) is 48.5 Å². The molecule has 4 rings (SSSR count). The Morgan fingerprint density at radius 3 is 2.96 bits per heavy atom. The Hall–Kier alpha value is -2.97. The van der Waals surface area contributed by atoms with Crippen molar-refractivity contribution in [2.24, 2.45) is 0 Å². The number of nitrogens with one attached hydrogen (secondary N) is 2. The van der Waals surface area contributed by atoms with E-state index in [1.54, 1.807) is 7.11 Å². The number of aromatic nitrogens is 2. The predicted octanol–water partition coefficient (Wildman–Crippen LogP) is 2.99. The number of fused-ring (bicyclic) bond motifs is 1. The molecule has 0 radical (unpaired) electrons. The smallest absolute Gasteiger partial charge is 0.321 e. The second-order valence-electron chi connectivity index (χ2n) is 6.20.